The van der Waals surface area contributed by atoms with Gasteiger partial charge in [0.15, 0.2) is 0 Å². The summed E-state index contributed by atoms with van der Waals surface area (Å²) in [7, 11) is 0. The summed E-state index contributed by atoms with van der Waals surface area (Å²) in [4.78, 5) is 0. The summed E-state index contributed by atoms with van der Waals surface area (Å²) in [6, 6.07) is 0. The third-order valence-electron chi connectivity index (χ3n) is 2.88. The lowest BCUT2D eigenvalue weighted by atomic mass is 10.0. The van der Waals surface area contributed by atoms with E-state index in [9.17, 15) is 5.11 Å². The molecule has 0 radical (unpaired) electrons. The van der Waals surface area contributed by atoms with E-state index in [4.69, 9.17) is 4.74 Å². The predicted octanol–water partition coefficient (Wildman–Crippen LogP) is 2.21. The molecule has 2 heteroatoms. The average molecular weight is 186 g/mol. The molecule has 0 saturated heterocycles. The van der Waals surface area contributed by atoms with Crippen LogP contribution in [-0.4, -0.2) is 23.9 Å². The summed E-state index contributed by atoms with van der Waals surface area (Å²) in [5, 5.41) is 9.79. The normalized spacial score (nSPS) is 31.2. The minimum atomic E-state index is -0.243. The highest BCUT2D eigenvalue weighted by Gasteiger charge is 2.27. The van der Waals surface area contributed by atoms with Crippen LogP contribution < -0.4 is 0 Å². The van der Waals surface area contributed by atoms with Crippen LogP contribution in [0, 0.1) is 11.8 Å². The van der Waals surface area contributed by atoms with Gasteiger partial charge in [-0.2, -0.15) is 0 Å². The Kier molecular flexibility index (Phi) is 4.20. The van der Waals surface area contributed by atoms with E-state index in [1.165, 1.54) is 19.3 Å². The number of aliphatic hydroxyl groups excluding tert-OH is 1. The Morgan fingerprint density at radius 1 is 1.38 bits per heavy atom. The van der Waals surface area contributed by atoms with Gasteiger partial charge in [0.25, 0.3) is 0 Å². The molecular formula is C11H22O2. The standard InChI is InChI=1S/C11H22O2/c1-8(2)13-7-11(12)10-5-4-9(3)6-10/h8-12H,4-7H2,1-3H3. The molecule has 2 nitrogen and oxygen atoms in total. The first-order chi connectivity index (χ1) is 6.09. The van der Waals surface area contributed by atoms with Gasteiger partial charge in [-0.1, -0.05) is 13.3 Å². The van der Waals surface area contributed by atoms with Crippen molar-refractivity contribution >= 4 is 0 Å². The number of hydrogen-bond donors (Lipinski definition) is 1. The Bertz CT molecular complexity index is 145. The molecule has 0 aromatic rings. The minimum Gasteiger partial charge on any atom is -0.390 e. The van der Waals surface area contributed by atoms with Gasteiger partial charge in [-0.05, 0) is 38.5 Å². The molecule has 1 saturated carbocycles. The van der Waals surface area contributed by atoms with Crippen LogP contribution in [-0.2, 0) is 4.74 Å². The summed E-state index contributed by atoms with van der Waals surface area (Å²) in [5.74, 6) is 1.27. The first kappa shape index (κ1) is 11.0. The molecule has 0 spiro atoms. The van der Waals surface area contributed by atoms with Crippen LogP contribution in [0.2, 0.25) is 0 Å². The highest BCUT2D eigenvalue weighted by atomic mass is 16.5. The molecule has 0 aromatic carbocycles. The van der Waals surface area contributed by atoms with E-state index in [1.54, 1.807) is 0 Å². The van der Waals surface area contributed by atoms with Crippen molar-refractivity contribution in [2.24, 2.45) is 11.8 Å². The molecule has 0 aromatic heterocycles. The number of ether oxygens (including phenoxy) is 1. The molecule has 0 bridgehead atoms. The van der Waals surface area contributed by atoms with Crippen LogP contribution in [0.4, 0.5) is 0 Å². The molecule has 1 N–H and O–H groups in total. The van der Waals surface area contributed by atoms with Gasteiger partial charge >= 0.3 is 0 Å². The third kappa shape index (κ3) is 3.65. The fourth-order valence-electron chi connectivity index (χ4n) is 2.03. The van der Waals surface area contributed by atoms with Gasteiger partial charge < -0.3 is 9.84 Å². The second-order valence-electron chi connectivity index (χ2n) is 4.63. The largest absolute Gasteiger partial charge is 0.390 e. The molecule has 0 amide bonds. The van der Waals surface area contributed by atoms with Crippen LogP contribution in [0.25, 0.3) is 0 Å². The Morgan fingerprint density at radius 3 is 2.54 bits per heavy atom. The van der Waals surface area contributed by atoms with Crippen LogP contribution in [0.3, 0.4) is 0 Å². The van der Waals surface area contributed by atoms with E-state index in [0.29, 0.717) is 12.5 Å². The molecule has 1 aliphatic rings. The Hall–Kier alpha value is -0.0800. The van der Waals surface area contributed by atoms with Crippen molar-refractivity contribution in [3.05, 3.63) is 0 Å². The lowest BCUT2D eigenvalue weighted by Crippen LogP contribution is -2.25. The fourth-order valence-corrected chi connectivity index (χ4v) is 2.03. The molecule has 1 rings (SSSR count). The first-order valence-electron chi connectivity index (χ1n) is 5.39. The zero-order valence-electron chi connectivity index (χ0n) is 8.99. The second-order valence-corrected chi connectivity index (χ2v) is 4.63. The van der Waals surface area contributed by atoms with E-state index >= 15 is 0 Å². The van der Waals surface area contributed by atoms with Gasteiger partial charge in [0, 0.05) is 0 Å². The molecule has 1 aliphatic carbocycles. The van der Waals surface area contributed by atoms with E-state index in [-0.39, 0.29) is 12.2 Å². The number of aliphatic hydroxyl groups is 1. The van der Waals surface area contributed by atoms with Crippen molar-refractivity contribution in [2.45, 2.75) is 52.2 Å². The van der Waals surface area contributed by atoms with Crippen LogP contribution in [0.5, 0.6) is 0 Å². The Balaban J connectivity index is 2.19. The number of hydrogen-bond acceptors (Lipinski definition) is 2. The molecule has 78 valence electrons. The zero-order valence-corrected chi connectivity index (χ0v) is 8.99. The third-order valence-corrected chi connectivity index (χ3v) is 2.88. The quantitative estimate of drug-likeness (QED) is 0.729. The lowest BCUT2D eigenvalue weighted by Gasteiger charge is -2.19. The van der Waals surface area contributed by atoms with Crippen molar-refractivity contribution in [2.75, 3.05) is 6.61 Å². The van der Waals surface area contributed by atoms with Gasteiger partial charge in [-0.25, -0.2) is 0 Å². The highest BCUT2D eigenvalue weighted by molar-refractivity contribution is 4.78. The van der Waals surface area contributed by atoms with Gasteiger partial charge in [0.2, 0.25) is 0 Å². The van der Waals surface area contributed by atoms with Crippen molar-refractivity contribution in [3.63, 3.8) is 0 Å². The van der Waals surface area contributed by atoms with Crippen molar-refractivity contribution < 1.29 is 9.84 Å². The monoisotopic (exact) mass is 186 g/mol. The topological polar surface area (TPSA) is 29.5 Å². The zero-order chi connectivity index (χ0) is 9.84. The summed E-state index contributed by atoms with van der Waals surface area (Å²) in [6.45, 7) is 6.78. The van der Waals surface area contributed by atoms with E-state index in [1.807, 2.05) is 13.8 Å². The first-order valence-corrected chi connectivity index (χ1v) is 5.39. The maximum atomic E-state index is 9.79. The molecule has 1 fully saturated rings. The summed E-state index contributed by atoms with van der Waals surface area (Å²) >= 11 is 0. The fraction of sp³-hybridized carbons (Fsp3) is 1.00. The average Bonchev–Trinajstić information content (AvgIpc) is 2.47. The van der Waals surface area contributed by atoms with E-state index in [2.05, 4.69) is 6.92 Å². The van der Waals surface area contributed by atoms with Gasteiger partial charge in [0.1, 0.15) is 0 Å². The lowest BCUT2D eigenvalue weighted by molar-refractivity contribution is -0.0187. The van der Waals surface area contributed by atoms with Crippen LogP contribution in [0.15, 0.2) is 0 Å². The number of rotatable bonds is 4. The van der Waals surface area contributed by atoms with Crippen molar-refractivity contribution in [1.29, 1.82) is 0 Å². The second kappa shape index (κ2) is 4.97. The van der Waals surface area contributed by atoms with Crippen molar-refractivity contribution in [3.8, 4) is 0 Å². The van der Waals surface area contributed by atoms with Crippen molar-refractivity contribution in [1.82, 2.24) is 0 Å². The van der Waals surface area contributed by atoms with E-state index < -0.39 is 0 Å². The minimum absolute atomic E-state index is 0.230. The van der Waals surface area contributed by atoms with Crippen LogP contribution >= 0.6 is 0 Å². The van der Waals surface area contributed by atoms with Gasteiger partial charge in [-0.15, -0.1) is 0 Å². The molecular weight excluding hydrogens is 164 g/mol. The molecule has 3 unspecified atom stereocenters. The Labute approximate surface area is 81.3 Å². The molecule has 0 heterocycles. The van der Waals surface area contributed by atoms with Gasteiger partial charge in [0.05, 0.1) is 18.8 Å². The molecule has 3 atom stereocenters. The van der Waals surface area contributed by atoms with E-state index in [0.717, 1.165) is 5.92 Å². The maximum absolute atomic E-state index is 9.79. The van der Waals surface area contributed by atoms with Gasteiger partial charge in [-0.3, -0.25) is 0 Å². The maximum Gasteiger partial charge on any atom is 0.0801 e. The summed E-state index contributed by atoms with van der Waals surface area (Å²) in [5.41, 5.74) is 0. The Morgan fingerprint density at radius 2 is 2.08 bits per heavy atom. The summed E-state index contributed by atoms with van der Waals surface area (Å²) in [6.07, 6.45) is 3.59. The smallest absolute Gasteiger partial charge is 0.0801 e. The molecule has 13 heavy (non-hydrogen) atoms. The predicted molar refractivity (Wildman–Crippen MR) is 53.6 cm³/mol. The highest BCUT2D eigenvalue weighted by Crippen LogP contribution is 2.32. The SMILES string of the molecule is CC1CCC(C(O)COC(C)C)C1. The van der Waals surface area contributed by atoms with Crippen LogP contribution in [0.1, 0.15) is 40.0 Å². The summed E-state index contributed by atoms with van der Waals surface area (Å²) < 4.78 is 5.40. The molecule has 0 aliphatic heterocycles.